The molecule has 5 nitrogen and oxygen atoms in total. The highest BCUT2D eigenvalue weighted by molar-refractivity contribution is 5.36. The van der Waals surface area contributed by atoms with Gasteiger partial charge in [0.15, 0.2) is 6.61 Å². The van der Waals surface area contributed by atoms with Crippen molar-refractivity contribution in [2.45, 2.75) is 31.7 Å². The van der Waals surface area contributed by atoms with Crippen molar-refractivity contribution in [3.63, 3.8) is 0 Å². The number of hydrogen-bond acceptors (Lipinski definition) is 3. The SMILES string of the molecule is [N-]=[N+]=NCc1cnc(OCC(F)F)c(C2CC2)c1. The molecule has 0 unspecified atom stereocenters. The summed E-state index contributed by atoms with van der Waals surface area (Å²) >= 11 is 0. The quantitative estimate of drug-likeness (QED) is 0.443. The first-order chi connectivity index (χ1) is 8.70. The maximum atomic E-state index is 12.1. The molecule has 1 aromatic heterocycles. The van der Waals surface area contributed by atoms with Gasteiger partial charge in [0, 0.05) is 16.7 Å². The number of alkyl halides is 2. The van der Waals surface area contributed by atoms with Crippen LogP contribution in [0.1, 0.15) is 29.9 Å². The Bertz CT molecular complexity index is 470. The lowest BCUT2D eigenvalue weighted by atomic mass is 10.1. The summed E-state index contributed by atoms with van der Waals surface area (Å²) in [7, 11) is 0. The summed E-state index contributed by atoms with van der Waals surface area (Å²) in [5, 5.41) is 3.45. The van der Waals surface area contributed by atoms with E-state index in [1.165, 1.54) is 6.20 Å². The highest BCUT2D eigenvalue weighted by Crippen LogP contribution is 2.43. The van der Waals surface area contributed by atoms with Crippen LogP contribution in [-0.4, -0.2) is 18.0 Å². The third kappa shape index (κ3) is 3.30. The van der Waals surface area contributed by atoms with Crippen LogP contribution >= 0.6 is 0 Å². The molecule has 0 atom stereocenters. The minimum absolute atomic E-state index is 0.207. The Kier molecular flexibility index (Phi) is 3.94. The molecule has 0 saturated heterocycles. The number of halogens is 2. The van der Waals surface area contributed by atoms with Crippen LogP contribution in [0.2, 0.25) is 0 Å². The molecular weight excluding hydrogens is 242 g/mol. The van der Waals surface area contributed by atoms with Gasteiger partial charge in [0.05, 0.1) is 6.54 Å². The van der Waals surface area contributed by atoms with Crippen LogP contribution in [0.5, 0.6) is 5.88 Å². The molecule has 0 bridgehead atoms. The van der Waals surface area contributed by atoms with Gasteiger partial charge >= 0.3 is 0 Å². The van der Waals surface area contributed by atoms with Crippen molar-refractivity contribution in [1.82, 2.24) is 4.98 Å². The van der Waals surface area contributed by atoms with Crippen LogP contribution < -0.4 is 4.74 Å². The average Bonchev–Trinajstić information content (AvgIpc) is 3.18. The Morgan fingerprint density at radius 1 is 1.56 bits per heavy atom. The normalized spacial score (nSPS) is 14.4. The molecule has 2 rings (SSSR count). The van der Waals surface area contributed by atoms with Crippen LogP contribution in [-0.2, 0) is 6.54 Å². The molecule has 1 aliphatic carbocycles. The fourth-order valence-corrected chi connectivity index (χ4v) is 1.66. The van der Waals surface area contributed by atoms with E-state index in [0.29, 0.717) is 5.92 Å². The van der Waals surface area contributed by atoms with E-state index in [4.69, 9.17) is 10.3 Å². The summed E-state index contributed by atoms with van der Waals surface area (Å²) in [6.45, 7) is -0.444. The number of aromatic nitrogens is 1. The van der Waals surface area contributed by atoms with Crippen molar-refractivity contribution in [3.8, 4) is 5.88 Å². The number of hydrogen-bond donors (Lipinski definition) is 0. The molecule has 1 fully saturated rings. The zero-order chi connectivity index (χ0) is 13.0. The Morgan fingerprint density at radius 2 is 2.33 bits per heavy atom. The van der Waals surface area contributed by atoms with Gasteiger partial charge in [-0.2, -0.15) is 0 Å². The van der Waals surface area contributed by atoms with E-state index in [1.807, 2.05) is 6.07 Å². The van der Waals surface area contributed by atoms with E-state index >= 15 is 0 Å². The molecule has 0 amide bonds. The zero-order valence-electron chi connectivity index (χ0n) is 9.59. The highest BCUT2D eigenvalue weighted by atomic mass is 19.3. The van der Waals surface area contributed by atoms with Gasteiger partial charge < -0.3 is 4.74 Å². The van der Waals surface area contributed by atoms with Crippen LogP contribution in [0.25, 0.3) is 10.4 Å². The molecule has 1 aromatic rings. The second-order valence-corrected chi connectivity index (χ2v) is 4.10. The minimum atomic E-state index is -2.51. The second-order valence-electron chi connectivity index (χ2n) is 4.10. The van der Waals surface area contributed by atoms with E-state index in [2.05, 4.69) is 15.0 Å². The molecule has 0 N–H and O–H groups in total. The number of rotatable bonds is 6. The van der Waals surface area contributed by atoms with Gasteiger partial charge in [-0.25, -0.2) is 13.8 Å². The lowest BCUT2D eigenvalue weighted by Crippen LogP contribution is -2.09. The summed E-state index contributed by atoms with van der Waals surface area (Å²) < 4.78 is 29.2. The lowest BCUT2D eigenvalue weighted by molar-refractivity contribution is 0.0790. The maximum absolute atomic E-state index is 12.1. The molecule has 1 heterocycles. The van der Waals surface area contributed by atoms with E-state index in [1.54, 1.807) is 0 Å². The van der Waals surface area contributed by atoms with Gasteiger partial charge in [-0.3, -0.25) is 0 Å². The van der Waals surface area contributed by atoms with Gasteiger partial charge in [0.2, 0.25) is 5.88 Å². The molecule has 18 heavy (non-hydrogen) atoms. The monoisotopic (exact) mass is 254 g/mol. The molecule has 7 heteroatoms. The molecule has 0 aromatic carbocycles. The van der Waals surface area contributed by atoms with Crippen molar-refractivity contribution in [2.24, 2.45) is 5.11 Å². The van der Waals surface area contributed by atoms with Crippen LogP contribution in [0.4, 0.5) is 8.78 Å². The molecule has 1 aliphatic rings. The summed E-state index contributed by atoms with van der Waals surface area (Å²) in [5.41, 5.74) is 9.85. The number of azide groups is 1. The predicted octanol–water partition coefficient (Wildman–Crippen LogP) is 3.41. The van der Waals surface area contributed by atoms with Gasteiger partial charge in [-0.05, 0) is 35.9 Å². The second kappa shape index (κ2) is 5.64. The summed E-state index contributed by atoms with van der Waals surface area (Å²) in [4.78, 5) is 6.70. The molecule has 1 saturated carbocycles. The number of nitrogens with zero attached hydrogens (tertiary/aromatic N) is 4. The van der Waals surface area contributed by atoms with Gasteiger partial charge in [-0.1, -0.05) is 5.11 Å². The van der Waals surface area contributed by atoms with E-state index in [-0.39, 0.29) is 12.4 Å². The summed E-state index contributed by atoms with van der Waals surface area (Å²) in [6, 6.07) is 1.82. The van der Waals surface area contributed by atoms with Crippen molar-refractivity contribution in [1.29, 1.82) is 0 Å². The Hall–Kier alpha value is -1.88. The molecule has 0 spiro atoms. The molecule has 0 aliphatic heterocycles. The number of pyridine rings is 1. The fraction of sp³-hybridized carbons (Fsp3) is 0.545. The Balaban J connectivity index is 2.15. The molecular formula is C11H12F2N4O. The van der Waals surface area contributed by atoms with Crippen molar-refractivity contribution < 1.29 is 13.5 Å². The third-order valence-electron chi connectivity index (χ3n) is 2.62. The van der Waals surface area contributed by atoms with E-state index in [9.17, 15) is 8.78 Å². The van der Waals surface area contributed by atoms with Gasteiger partial charge in [-0.15, -0.1) is 0 Å². The van der Waals surface area contributed by atoms with E-state index in [0.717, 1.165) is 24.0 Å². The summed E-state index contributed by atoms with van der Waals surface area (Å²) in [6.07, 6.45) is 0.998. The first-order valence-corrected chi connectivity index (χ1v) is 5.61. The Morgan fingerprint density at radius 3 is 2.94 bits per heavy atom. The van der Waals surface area contributed by atoms with Crippen molar-refractivity contribution in [2.75, 3.05) is 6.61 Å². The van der Waals surface area contributed by atoms with E-state index < -0.39 is 13.0 Å². The first-order valence-electron chi connectivity index (χ1n) is 5.61. The number of ether oxygens (including phenoxy) is 1. The standard InChI is InChI=1S/C11H12F2N4O/c12-10(13)6-18-11-9(8-1-2-8)3-7(4-15-11)5-16-17-14/h3-4,8,10H,1-2,5-6H2. The van der Waals surface area contributed by atoms with Crippen molar-refractivity contribution in [3.05, 3.63) is 33.8 Å². The van der Waals surface area contributed by atoms with Gasteiger partial charge in [0.1, 0.15) is 0 Å². The predicted molar refractivity (Wildman–Crippen MR) is 60.6 cm³/mol. The van der Waals surface area contributed by atoms with Crippen LogP contribution in [0, 0.1) is 0 Å². The lowest BCUT2D eigenvalue weighted by Gasteiger charge is -2.10. The zero-order valence-corrected chi connectivity index (χ0v) is 9.59. The smallest absolute Gasteiger partial charge is 0.272 e. The maximum Gasteiger partial charge on any atom is 0.272 e. The van der Waals surface area contributed by atoms with Crippen LogP contribution in [0.15, 0.2) is 17.4 Å². The summed E-state index contributed by atoms with van der Waals surface area (Å²) in [5.74, 6) is 0.596. The molecule has 96 valence electrons. The van der Waals surface area contributed by atoms with Gasteiger partial charge in [0.25, 0.3) is 6.43 Å². The topological polar surface area (TPSA) is 70.9 Å². The first kappa shape index (κ1) is 12.6. The minimum Gasteiger partial charge on any atom is -0.471 e. The Labute approximate surface area is 102 Å². The highest BCUT2D eigenvalue weighted by Gasteiger charge is 2.28. The average molecular weight is 254 g/mol. The van der Waals surface area contributed by atoms with Crippen molar-refractivity contribution >= 4 is 0 Å². The third-order valence-corrected chi connectivity index (χ3v) is 2.62. The fourth-order valence-electron chi connectivity index (χ4n) is 1.66. The largest absolute Gasteiger partial charge is 0.471 e. The molecule has 0 radical (unpaired) electrons. The van der Waals surface area contributed by atoms with Crippen LogP contribution in [0.3, 0.4) is 0 Å².